The summed E-state index contributed by atoms with van der Waals surface area (Å²) in [6, 6.07) is 8.03. The zero-order valence-corrected chi connectivity index (χ0v) is 9.85. The molecule has 0 aliphatic carbocycles. The molecule has 0 atom stereocenters. The van der Waals surface area contributed by atoms with Crippen LogP contribution in [-0.4, -0.2) is 24.1 Å². The van der Waals surface area contributed by atoms with Crippen LogP contribution in [0.2, 0.25) is 0 Å². The predicted molar refractivity (Wildman–Crippen MR) is 65.7 cm³/mol. The summed E-state index contributed by atoms with van der Waals surface area (Å²) in [4.78, 5) is 13.5. The van der Waals surface area contributed by atoms with Crippen molar-refractivity contribution in [3.05, 3.63) is 29.8 Å². The van der Waals surface area contributed by atoms with E-state index in [1.807, 2.05) is 30.0 Å². The second-order valence-corrected chi connectivity index (χ2v) is 4.73. The van der Waals surface area contributed by atoms with Gasteiger partial charge in [0.05, 0.1) is 0 Å². The van der Waals surface area contributed by atoms with Gasteiger partial charge in [0.2, 0.25) is 5.91 Å². The molecule has 80 valence electrons. The molecule has 2 rings (SSSR count). The quantitative estimate of drug-likeness (QED) is 0.705. The van der Waals surface area contributed by atoms with Crippen LogP contribution >= 0.6 is 23.4 Å². The number of anilines is 1. The van der Waals surface area contributed by atoms with Crippen molar-refractivity contribution in [2.75, 3.05) is 23.1 Å². The molecular weight excluding hydrogens is 230 g/mol. The minimum absolute atomic E-state index is 0.00776. The molecule has 1 amide bonds. The Morgan fingerprint density at radius 2 is 2.27 bits per heavy atom. The first-order valence-corrected chi connectivity index (χ1v) is 6.54. The van der Waals surface area contributed by atoms with E-state index in [0.717, 1.165) is 23.7 Å². The van der Waals surface area contributed by atoms with E-state index in [4.69, 9.17) is 11.6 Å². The van der Waals surface area contributed by atoms with Gasteiger partial charge < -0.3 is 4.90 Å². The standard InChI is InChI=1S/C11H12ClNOS/c12-7-11(14)13-5-6-15-8-9-3-1-2-4-10(9)13/h1-4H,5-8H2. The second-order valence-electron chi connectivity index (χ2n) is 3.36. The van der Waals surface area contributed by atoms with Gasteiger partial charge in [-0.2, -0.15) is 11.8 Å². The minimum Gasteiger partial charge on any atom is -0.310 e. The van der Waals surface area contributed by atoms with E-state index >= 15 is 0 Å². The molecule has 0 bridgehead atoms. The normalized spacial score (nSPS) is 15.7. The summed E-state index contributed by atoms with van der Waals surface area (Å²) in [6.07, 6.45) is 0. The number of carbonyl (C=O) groups is 1. The Hall–Kier alpha value is -0.670. The highest BCUT2D eigenvalue weighted by Crippen LogP contribution is 2.28. The monoisotopic (exact) mass is 241 g/mol. The highest BCUT2D eigenvalue weighted by atomic mass is 35.5. The van der Waals surface area contributed by atoms with E-state index in [0.29, 0.717) is 0 Å². The van der Waals surface area contributed by atoms with Gasteiger partial charge in [0.1, 0.15) is 5.88 Å². The number of fused-ring (bicyclic) bond motifs is 1. The highest BCUT2D eigenvalue weighted by Gasteiger charge is 2.19. The lowest BCUT2D eigenvalue weighted by atomic mass is 10.2. The summed E-state index contributed by atoms with van der Waals surface area (Å²) in [5.41, 5.74) is 2.24. The zero-order valence-electron chi connectivity index (χ0n) is 8.28. The van der Waals surface area contributed by atoms with Crippen molar-refractivity contribution in [3.8, 4) is 0 Å². The topological polar surface area (TPSA) is 20.3 Å². The SMILES string of the molecule is O=C(CCl)N1CCSCc2ccccc21. The lowest BCUT2D eigenvalue weighted by Gasteiger charge is -2.21. The number of nitrogens with zero attached hydrogens (tertiary/aromatic N) is 1. The van der Waals surface area contributed by atoms with Crippen LogP contribution in [0.4, 0.5) is 5.69 Å². The molecule has 0 fully saturated rings. The fourth-order valence-electron chi connectivity index (χ4n) is 1.69. The van der Waals surface area contributed by atoms with E-state index in [-0.39, 0.29) is 11.8 Å². The maximum Gasteiger partial charge on any atom is 0.241 e. The number of thioether (sulfide) groups is 1. The van der Waals surface area contributed by atoms with Crippen molar-refractivity contribution in [2.24, 2.45) is 0 Å². The molecule has 1 aliphatic rings. The summed E-state index contributed by atoms with van der Waals surface area (Å²) in [5, 5.41) is 0. The number of alkyl halides is 1. The van der Waals surface area contributed by atoms with Gasteiger partial charge in [0.15, 0.2) is 0 Å². The number of halogens is 1. The minimum atomic E-state index is -0.00776. The first-order valence-electron chi connectivity index (χ1n) is 4.85. The predicted octanol–water partition coefficient (Wildman–Crippen LogP) is 2.51. The third kappa shape index (κ3) is 2.29. The summed E-state index contributed by atoms with van der Waals surface area (Å²) in [6.45, 7) is 0.757. The Balaban J connectivity index is 2.37. The van der Waals surface area contributed by atoms with Gasteiger partial charge in [-0.1, -0.05) is 18.2 Å². The number of benzene rings is 1. The molecule has 0 saturated heterocycles. The molecule has 0 unspecified atom stereocenters. The van der Waals surface area contributed by atoms with Crippen molar-refractivity contribution in [3.63, 3.8) is 0 Å². The van der Waals surface area contributed by atoms with E-state index < -0.39 is 0 Å². The van der Waals surface area contributed by atoms with Crippen LogP contribution in [0.15, 0.2) is 24.3 Å². The molecule has 0 radical (unpaired) electrons. The van der Waals surface area contributed by atoms with Crippen LogP contribution in [0.25, 0.3) is 0 Å². The van der Waals surface area contributed by atoms with Crippen molar-refractivity contribution in [1.29, 1.82) is 0 Å². The molecule has 0 spiro atoms. The fraction of sp³-hybridized carbons (Fsp3) is 0.364. The van der Waals surface area contributed by atoms with Gasteiger partial charge in [-0.3, -0.25) is 4.79 Å². The molecule has 0 aromatic heterocycles. The smallest absolute Gasteiger partial charge is 0.241 e. The van der Waals surface area contributed by atoms with Crippen LogP contribution in [0.3, 0.4) is 0 Å². The van der Waals surface area contributed by atoms with Crippen LogP contribution in [0.1, 0.15) is 5.56 Å². The Bertz CT molecular complexity index is 369. The number of para-hydroxylation sites is 1. The summed E-state index contributed by atoms with van der Waals surface area (Å²) in [5.74, 6) is 1.99. The Morgan fingerprint density at radius 3 is 3.07 bits per heavy atom. The van der Waals surface area contributed by atoms with E-state index in [1.54, 1.807) is 4.90 Å². The summed E-state index contributed by atoms with van der Waals surface area (Å²) < 4.78 is 0. The highest BCUT2D eigenvalue weighted by molar-refractivity contribution is 7.98. The average Bonchev–Trinajstić information content (AvgIpc) is 2.50. The maximum atomic E-state index is 11.7. The molecule has 4 heteroatoms. The molecular formula is C11H12ClNOS. The third-order valence-electron chi connectivity index (χ3n) is 2.41. The number of amides is 1. The van der Waals surface area contributed by atoms with Crippen LogP contribution in [-0.2, 0) is 10.5 Å². The molecule has 1 aliphatic heterocycles. The lowest BCUT2D eigenvalue weighted by Crippen LogP contribution is -2.33. The van der Waals surface area contributed by atoms with E-state index in [1.165, 1.54) is 5.56 Å². The number of hydrogen-bond acceptors (Lipinski definition) is 2. The molecule has 0 saturated carbocycles. The maximum absolute atomic E-state index is 11.7. The molecule has 1 aromatic carbocycles. The summed E-state index contributed by atoms with van der Waals surface area (Å²) in [7, 11) is 0. The van der Waals surface area contributed by atoms with Crippen molar-refractivity contribution >= 4 is 35.0 Å². The zero-order chi connectivity index (χ0) is 10.7. The van der Waals surface area contributed by atoms with Crippen LogP contribution in [0.5, 0.6) is 0 Å². The fourth-order valence-corrected chi connectivity index (χ4v) is 2.75. The van der Waals surface area contributed by atoms with Gasteiger partial charge in [0, 0.05) is 23.7 Å². The Labute approximate surface area is 98.6 Å². The Morgan fingerprint density at radius 1 is 1.47 bits per heavy atom. The van der Waals surface area contributed by atoms with E-state index in [9.17, 15) is 4.79 Å². The molecule has 1 aromatic rings. The van der Waals surface area contributed by atoms with Crippen molar-refractivity contribution in [2.45, 2.75) is 5.75 Å². The third-order valence-corrected chi connectivity index (χ3v) is 3.63. The van der Waals surface area contributed by atoms with Gasteiger partial charge in [-0.15, -0.1) is 11.6 Å². The lowest BCUT2D eigenvalue weighted by molar-refractivity contribution is -0.116. The Kier molecular flexibility index (Phi) is 3.54. The van der Waals surface area contributed by atoms with Crippen molar-refractivity contribution in [1.82, 2.24) is 0 Å². The molecule has 2 nitrogen and oxygen atoms in total. The largest absolute Gasteiger partial charge is 0.310 e. The molecule has 15 heavy (non-hydrogen) atoms. The van der Waals surface area contributed by atoms with Crippen LogP contribution < -0.4 is 4.90 Å². The van der Waals surface area contributed by atoms with Gasteiger partial charge in [0.25, 0.3) is 0 Å². The van der Waals surface area contributed by atoms with Crippen molar-refractivity contribution < 1.29 is 4.79 Å². The number of rotatable bonds is 1. The van der Waals surface area contributed by atoms with Crippen LogP contribution in [0, 0.1) is 0 Å². The molecule has 0 N–H and O–H groups in total. The van der Waals surface area contributed by atoms with Gasteiger partial charge >= 0.3 is 0 Å². The second kappa shape index (κ2) is 4.90. The van der Waals surface area contributed by atoms with Gasteiger partial charge in [-0.05, 0) is 11.6 Å². The number of hydrogen-bond donors (Lipinski definition) is 0. The molecule has 1 heterocycles. The first-order chi connectivity index (χ1) is 7.33. The first kappa shape index (κ1) is 10.8. The van der Waals surface area contributed by atoms with Gasteiger partial charge in [-0.25, -0.2) is 0 Å². The van der Waals surface area contributed by atoms with E-state index in [2.05, 4.69) is 6.07 Å². The number of carbonyl (C=O) groups excluding carboxylic acids is 1. The summed E-state index contributed by atoms with van der Waals surface area (Å²) >= 11 is 7.46. The average molecular weight is 242 g/mol.